The maximum absolute atomic E-state index is 12.6. The number of hydrogen-bond acceptors (Lipinski definition) is 5. The average Bonchev–Trinajstić information content (AvgIpc) is 3.37. The van der Waals surface area contributed by atoms with Gasteiger partial charge in [0.1, 0.15) is 5.03 Å². The second-order valence-electron chi connectivity index (χ2n) is 6.12. The lowest BCUT2D eigenvalue weighted by Crippen LogP contribution is -2.16. The molecule has 0 bridgehead atoms. The number of carbonyl (C=O) groups is 2. The molecule has 138 valence electrons. The Morgan fingerprint density at radius 2 is 2.08 bits per heavy atom. The van der Waals surface area contributed by atoms with Crippen LogP contribution in [0.25, 0.3) is 0 Å². The van der Waals surface area contributed by atoms with Crippen LogP contribution >= 0.6 is 11.8 Å². The topological polar surface area (TPSA) is 61.2 Å². The Labute approximate surface area is 153 Å². The molecular formula is C18H18F2N2O3S. The summed E-state index contributed by atoms with van der Waals surface area (Å²) in [7, 11) is 0. The smallest absolute Gasteiger partial charge is 0.341 e. The van der Waals surface area contributed by atoms with E-state index in [1.54, 1.807) is 6.07 Å². The molecule has 0 atom stereocenters. The van der Waals surface area contributed by atoms with Crippen LogP contribution in [0.3, 0.4) is 0 Å². The highest BCUT2D eigenvalue weighted by Crippen LogP contribution is 2.38. The van der Waals surface area contributed by atoms with Gasteiger partial charge in [0.2, 0.25) is 5.78 Å². The summed E-state index contributed by atoms with van der Waals surface area (Å²) >= 11 is 0.168. The predicted molar refractivity (Wildman–Crippen MR) is 92.9 cm³/mol. The first-order valence-electron chi connectivity index (χ1n) is 8.17. The summed E-state index contributed by atoms with van der Waals surface area (Å²) in [5.74, 6) is -3.86. The van der Waals surface area contributed by atoms with Gasteiger partial charge in [-0.2, -0.15) is 8.78 Å². The van der Waals surface area contributed by atoms with Crippen LogP contribution in [0.5, 0.6) is 0 Å². The molecule has 5 nitrogen and oxygen atoms in total. The molecule has 1 aliphatic rings. The number of hydrogen-bond donors (Lipinski definition) is 0. The van der Waals surface area contributed by atoms with Crippen LogP contribution in [0.1, 0.15) is 51.0 Å². The first-order chi connectivity index (χ1) is 12.4. The normalized spacial score (nSPS) is 13.9. The van der Waals surface area contributed by atoms with Gasteiger partial charge >= 0.3 is 5.97 Å². The van der Waals surface area contributed by atoms with E-state index in [1.165, 1.54) is 18.3 Å². The zero-order valence-electron chi connectivity index (χ0n) is 14.4. The summed E-state index contributed by atoms with van der Waals surface area (Å²) in [4.78, 5) is 28.4. The van der Waals surface area contributed by atoms with Crippen molar-refractivity contribution in [3.8, 4) is 0 Å². The molecule has 0 unspecified atom stereocenters. The van der Waals surface area contributed by atoms with Crippen molar-refractivity contribution in [2.45, 2.75) is 43.5 Å². The number of aryl methyl sites for hydroxylation is 1. The van der Waals surface area contributed by atoms with Gasteiger partial charge in [-0.1, -0.05) is 0 Å². The number of carbonyl (C=O) groups excluding carboxylic acids is 2. The molecule has 1 fully saturated rings. The number of esters is 1. The molecule has 1 aliphatic carbocycles. The van der Waals surface area contributed by atoms with Gasteiger partial charge in [0.15, 0.2) is 6.61 Å². The third-order valence-electron chi connectivity index (χ3n) is 4.22. The largest absolute Gasteiger partial charge is 0.454 e. The van der Waals surface area contributed by atoms with Crippen LogP contribution < -0.4 is 0 Å². The van der Waals surface area contributed by atoms with Crippen LogP contribution in [0.15, 0.2) is 29.4 Å². The molecule has 0 N–H and O–H groups in total. The van der Waals surface area contributed by atoms with E-state index in [9.17, 15) is 18.4 Å². The van der Waals surface area contributed by atoms with Crippen LogP contribution in [0, 0.1) is 13.8 Å². The van der Waals surface area contributed by atoms with Crippen molar-refractivity contribution >= 4 is 23.5 Å². The van der Waals surface area contributed by atoms with Crippen molar-refractivity contribution in [1.82, 2.24) is 9.55 Å². The monoisotopic (exact) mass is 380 g/mol. The van der Waals surface area contributed by atoms with Crippen LogP contribution in [-0.4, -0.2) is 33.7 Å². The number of rotatable bonds is 7. The fourth-order valence-corrected chi connectivity index (χ4v) is 3.53. The minimum absolute atomic E-state index is 0.0750. The molecule has 26 heavy (non-hydrogen) atoms. The maximum Gasteiger partial charge on any atom is 0.341 e. The van der Waals surface area contributed by atoms with E-state index < -0.39 is 18.3 Å². The van der Waals surface area contributed by atoms with E-state index in [4.69, 9.17) is 4.74 Å². The number of nitrogens with zero attached hydrogens (tertiary/aromatic N) is 2. The average molecular weight is 380 g/mol. The van der Waals surface area contributed by atoms with Crippen molar-refractivity contribution < 1.29 is 23.1 Å². The Morgan fingerprint density at radius 3 is 2.73 bits per heavy atom. The van der Waals surface area contributed by atoms with E-state index in [2.05, 4.69) is 9.55 Å². The van der Waals surface area contributed by atoms with Crippen molar-refractivity contribution in [3.63, 3.8) is 0 Å². The van der Waals surface area contributed by atoms with Gasteiger partial charge in [-0.05, 0) is 56.7 Å². The fourth-order valence-electron chi connectivity index (χ4n) is 2.97. The molecule has 1 saturated carbocycles. The van der Waals surface area contributed by atoms with E-state index in [-0.39, 0.29) is 28.1 Å². The Balaban J connectivity index is 1.69. The molecule has 2 aromatic heterocycles. The van der Waals surface area contributed by atoms with Gasteiger partial charge in [-0.15, -0.1) is 0 Å². The van der Waals surface area contributed by atoms with Gasteiger partial charge in [-0.3, -0.25) is 4.79 Å². The number of alkyl halides is 2. The number of ketones is 1. The van der Waals surface area contributed by atoms with Crippen LogP contribution in [-0.2, 0) is 4.74 Å². The number of halogens is 2. The van der Waals surface area contributed by atoms with E-state index in [1.807, 2.05) is 13.8 Å². The summed E-state index contributed by atoms with van der Waals surface area (Å²) in [5, 5.41) is -0.119. The fraction of sp³-hybridized carbons (Fsp3) is 0.389. The highest BCUT2D eigenvalue weighted by Gasteiger charge is 2.28. The van der Waals surface area contributed by atoms with Crippen molar-refractivity contribution in [2.24, 2.45) is 0 Å². The lowest BCUT2D eigenvalue weighted by atomic mass is 10.1. The Hall–Kier alpha value is -2.22. The van der Waals surface area contributed by atoms with E-state index in [0.29, 0.717) is 11.6 Å². The first kappa shape index (κ1) is 18.6. The zero-order chi connectivity index (χ0) is 18.8. The Bertz CT molecular complexity index is 847. The van der Waals surface area contributed by atoms with Crippen LogP contribution in [0.2, 0.25) is 0 Å². The molecule has 3 rings (SSSR count). The number of ether oxygens (including phenoxy) is 1. The molecule has 2 heterocycles. The zero-order valence-corrected chi connectivity index (χ0v) is 15.2. The van der Waals surface area contributed by atoms with Crippen LogP contribution in [0.4, 0.5) is 8.78 Å². The van der Waals surface area contributed by atoms with E-state index >= 15 is 0 Å². The van der Waals surface area contributed by atoms with Crippen molar-refractivity contribution in [1.29, 1.82) is 0 Å². The number of Topliss-reactive ketones (excluding diaryl/α,β-unsaturated/α-hetero) is 1. The molecule has 0 saturated heterocycles. The molecular weight excluding hydrogens is 362 g/mol. The Morgan fingerprint density at radius 1 is 1.35 bits per heavy atom. The molecule has 0 radical (unpaired) electrons. The third-order valence-corrected chi connectivity index (χ3v) is 4.95. The minimum atomic E-state index is -2.70. The number of thioether (sulfide) groups is 1. The third kappa shape index (κ3) is 3.95. The molecule has 0 amide bonds. The highest BCUT2D eigenvalue weighted by atomic mass is 32.2. The second-order valence-corrected chi connectivity index (χ2v) is 7.10. The summed E-state index contributed by atoms with van der Waals surface area (Å²) < 4.78 is 32.3. The molecule has 0 aromatic carbocycles. The molecule has 8 heteroatoms. The van der Waals surface area contributed by atoms with Gasteiger partial charge in [0, 0.05) is 29.2 Å². The summed E-state index contributed by atoms with van der Waals surface area (Å²) in [6.07, 6.45) is 3.52. The SMILES string of the molecule is Cc1cc(C(=O)COC(=O)c2cccnc2SC(F)F)c(C)n1C1CC1. The van der Waals surface area contributed by atoms with E-state index in [0.717, 1.165) is 24.2 Å². The number of pyridine rings is 1. The standard InChI is InChI=1S/C18H18F2N2O3S/c1-10-8-14(11(2)22(10)12-5-6-12)15(23)9-25-17(24)13-4-3-7-21-16(13)26-18(19)20/h3-4,7-8,12,18H,5-6,9H2,1-2H3. The Kier molecular flexibility index (Phi) is 5.41. The molecule has 0 spiro atoms. The highest BCUT2D eigenvalue weighted by molar-refractivity contribution is 7.99. The summed E-state index contributed by atoms with van der Waals surface area (Å²) in [6.45, 7) is 3.37. The first-order valence-corrected chi connectivity index (χ1v) is 9.05. The minimum Gasteiger partial charge on any atom is -0.454 e. The molecule has 2 aromatic rings. The quantitative estimate of drug-likeness (QED) is 0.409. The van der Waals surface area contributed by atoms with Gasteiger partial charge < -0.3 is 9.30 Å². The summed E-state index contributed by atoms with van der Waals surface area (Å²) in [6, 6.07) is 5.05. The molecule has 0 aliphatic heterocycles. The predicted octanol–water partition coefficient (Wildman–Crippen LogP) is 4.19. The van der Waals surface area contributed by atoms with Gasteiger partial charge in [-0.25, -0.2) is 9.78 Å². The summed E-state index contributed by atoms with van der Waals surface area (Å²) in [5.41, 5.74) is 2.31. The maximum atomic E-state index is 12.6. The van der Waals surface area contributed by atoms with Gasteiger partial charge in [0.25, 0.3) is 5.76 Å². The lowest BCUT2D eigenvalue weighted by molar-refractivity contribution is 0.0470. The van der Waals surface area contributed by atoms with Crippen molar-refractivity contribution in [3.05, 3.63) is 46.9 Å². The number of aromatic nitrogens is 2. The second kappa shape index (κ2) is 7.57. The van der Waals surface area contributed by atoms with Gasteiger partial charge in [0.05, 0.1) is 5.56 Å². The van der Waals surface area contributed by atoms with Crippen molar-refractivity contribution in [2.75, 3.05) is 6.61 Å². The lowest BCUT2D eigenvalue weighted by Gasteiger charge is -2.09.